The molecule has 1 heterocycles. The topological polar surface area (TPSA) is 50.9 Å². The summed E-state index contributed by atoms with van der Waals surface area (Å²) in [7, 11) is 0. The quantitative estimate of drug-likeness (QED) is 0.761. The molecule has 2 aromatic carbocycles. The van der Waals surface area contributed by atoms with E-state index in [1.807, 2.05) is 18.2 Å². The van der Waals surface area contributed by atoms with Gasteiger partial charge in [0.25, 0.3) is 0 Å². The second kappa shape index (κ2) is 4.57. The van der Waals surface area contributed by atoms with Crippen molar-refractivity contribution in [3.63, 3.8) is 0 Å². The summed E-state index contributed by atoms with van der Waals surface area (Å²) in [5, 5.41) is 13.4. The monoisotopic (exact) mass is 251 g/mol. The predicted octanol–water partition coefficient (Wildman–Crippen LogP) is 2.95. The van der Waals surface area contributed by atoms with Crippen molar-refractivity contribution in [2.45, 2.75) is 6.92 Å². The lowest BCUT2D eigenvalue weighted by atomic mass is 10.00. The van der Waals surface area contributed by atoms with Crippen molar-refractivity contribution in [3.8, 4) is 22.6 Å². The van der Waals surface area contributed by atoms with Crippen LogP contribution in [0.2, 0.25) is 0 Å². The van der Waals surface area contributed by atoms with Gasteiger partial charge in [-0.2, -0.15) is 5.10 Å². The lowest BCUT2D eigenvalue weighted by Crippen LogP contribution is -1.95. The molecule has 0 aliphatic heterocycles. The van der Waals surface area contributed by atoms with E-state index in [4.69, 9.17) is 0 Å². The van der Waals surface area contributed by atoms with E-state index in [1.54, 1.807) is 23.1 Å². The second-order valence-corrected chi connectivity index (χ2v) is 4.39. The number of nitrogens with zero attached hydrogens (tertiary/aromatic N) is 3. The average Bonchev–Trinajstić information content (AvgIpc) is 2.94. The number of aryl methyl sites for hydroxylation is 1. The minimum atomic E-state index is 0.278. The molecule has 1 N–H and O–H groups in total. The highest BCUT2D eigenvalue weighted by molar-refractivity contribution is 5.69. The largest absolute Gasteiger partial charge is 0.508 e. The van der Waals surface area contributed by atoms with Crippen LogP contribution in [0.25, 0.3) is 16.8 Å². The van der Waals surface area contributed by atoms with Gasteiger partial charge in [0, 0.05) is 0 Å². The molecule has 0 bridgehead atoms. The number of phenolic OH excluding ortho intramolecular Hbond substituents is 1. The summed E-state index contributed by atoms with van der Waals surface area (Å²) in [6, 6.07) is 13.3. The van der Waals surface area contributed by atoms with Gasteiger partial charge in [-0.3, -0.25) is 0 Å². The van der Waals surface area contributed by atoms with Gasteiger partial charge in [0.2, 0.25) is 0 Å². The van der Waals surface area contributed by atoms with E-state index in [-0.39, 0.29) is 5.75 Å². The number of rotatable bonds is 2. The predicted molar refractivity (Wildman–Crippen MR) is 73.2 cm³/mol. The molecule has 0 atom stereocenters. The highest BCUT2D eigenvalue weighted by Gasteiger charge is 2.04. The summed E-state index contributed by atoms with van der Waals surface area (Å²) >= 11 is 0. The molecule has 0 saturated heterocycles. The first kappa shape index (κ1) is 11.5. The standard InChI is InChI=1S/C15H13N3O/c1-11-8-13(18-10-16-9-17-18)4-7-15(11)12-2-5-14(19)6-3-12/h2-10,19H,1H3. The Balaban J connectivity index is 2.03. The van der Waals surface area contributed by atoms with Crippen LogP contribution in [-0.2, 0) is 0 Å². The van der Waals surface area contributed by atoms with Gasteiger partial charge >= 0.3 is 0 Å². The summed E-state index contributed by atoms with van der Waals surface area (Å²) in [6.07, 6.45) is 3.19. The van der Waals surface area contributed by atoms with Crippen LogP contribution >= 0.6 is 0 Å². The van der Waals surface area contributed by atoms with Crippen molar-refractivity contribution in [3.05, 3.63) is 60.7 Å². The van der Waals surface area contributed by atoms with Crippen LogP contribution in [0.4, 0.5) is 0 Å². The van der Waals surface area contributed by atoms with Gasteiger partial charge < -0.3 is 5.11 Å². The van der Waals surface area contributed by atoms with Crippen molar-refractivity contribution >= 4 is 0 Å². The molecule has 0 fully saturated rings. The maximum Gasteiger partial charge on any atom is 0.138 e. The number of phenols is 1. The summed E-state index contributed by atoms with van der Waals surface area (Å²) in [6.45, 7) is 2.06. The third kappa shape index (κ3) is 2.20. The number of hydrogen-bond acceptors (Lipinski definition) is 3. The molecule has 0 spiro atoms. The molecule has 0 aliphatic rings. The Morgan fingerprint density at radius 2 is 1.84 bits per heavy atom. The Morgan fingerprint density at radius 1 is 1.05 bits per heavy atom. The molecule has 0 aliphatic carbocycles. The third-order valence-corrected chi connectivity index (χ3v) is 3.07. The van der Waals surface area contributed by atoms with Gasteiger partial charge in [-0.1, -0.05) is 18.2 Å². The Hall–Kier alpha value is -2.62. The third-order valence-electron chi connectivity index (χ3n) is 3.07. The Labute approximate surface area is 111 Å². The lowest BCUT2D eigenvalue weighted by molar-refractivity contribution is 0.475. The lowest BCUT2D eigenvalue weighted by Gasteiger charge is -2.09. The van der Waals surface area contributed by atoms with E-state index >= 15 is 0 Å². The van der Waals surface area contributed by atoms with Crippen molar-refractivity contribution in [1.82, 2.24) is 14.8 Å². The second-order valence-electron chi connectivity index (χ2n) is 4.39. The number of benzene rings is 2. The molecule has 0 amide bonds. The Kier molecular flexibility index (Phi) is 2.76. The van der Waals surface area contributed by atoms with Crippen molar-refractivity contribution in [2.75, 3.05) is 0 Å². The van der Waals surface area contributed by atoms with Crippen LogP contribution in [0.15, 0.2) is 55.1 Å². The molecular weight excluding hydrogens is 238 g/mol. The van der Waals surface area contributed by atoms with Crippen molar-refractivity contribution in [2.24, 2.45) is 0 Å². The van der Waals surface area contributed by atoms with E-state index in [0.29, 0.717) is 0 Å². The van der Waals surface area contributed by atoms with Crippen molar-refractivity contribution in [1.29, 1.82) is 0 Å². The highest BCUT2D eigenvalue weighted by Crippen LogP contribution is 2.26. The molecule has 0 unspecified atom stereocenters. The van der Waals surface area contributed by atoms with Crippen LogP contribution in [-0.4, -0.2) is 19.9 Å². The van der Waals surface area contributed by atoms with Gasteiger partial charge in [0.15, 0.2) is 0 Å². The maximum atomic E-state index is 9.32. The maximum absolute atomic E-state index is 9.32. The molecule has 0 saturated carbocycles. The van der Waals surface area contributed by atoms with Crippen LogP contribution in [0.1, 0.15) is 5.56 Å². The molecule has 94 valence electrons. The fourth-order valence-electron chi connectivity index (χ4n) is 2.10. The van der Waals surface area contributed by atoms with Crippen LogP contribution in [0.3, 0.4) is 0 Å². The van der Waals surface area contributed by atoms with Gasteiger partial charge in [-0.15, -0.1) is 0 Å². The normalized spacial score (nSPS) is 10.6. The van der Waals surface area contributed by atoms with E-state index in [9.17, 15) is 5.11 Å². The van der Waals surface area contributed by atoms with E-state index in [0.717, 1.165) is 22.4 Å². The molecule has 0 radical (unpaired) electrons. The zero-order chi connectivity index (χ0) is 13.2. The van der Waals surface area contributed by atoms with E-state index < -0.39 is 0 Å². The van der Waals surface area contributed by atoms with Crippen LogP contribution < -0.4 is 0 Å². The molecule has 4 nitrogen and oxygen atoms in total. The zero-order valence-corrected chi connectivity index (χ0v) is 10.5. The first-order chi connectivity index (χ1) is 9.24. The summed E-state index contributed by atoms with van der Waals surface area (Å²) in [5.41, 5.74) is 4.36. The molecular formula is C15H13N3O. The highest BCUT2D eigenvalue weighted by atomic mass is 16.3. The number of hydrogen-bond donors (Lipinski definition) is 1. The summed E-state index contributed by atoms with van der Waals surface area (Å²) in [5.74, 6) is 0.278. The summed E-state index contributed by atoms with van der Waals surface area (Å²) < 4.78 is 1.73. The average molecular weight is 251 g/mol. The van der Waals surface area contributed by atoms with Crippen LogP contribution in [0, 0.1) is 6.92 Å². The smallest absolute Gasteiger partial charge is 0.138 e. The summed E-state index contributed by atoms with van der Waals surface area (Å²) in [4.78, 5) is 3.94. The minimum Gasteiger partial charge on any atom is -0.508 e. The van der Waals surface area contributed by atoms with E-state index in [2.05, 4.69) is 29.1 Å². The molecule has 1 aromatic heterocycles. The fourth-order valence-corrected chi connectivity index (χ4v) is 2.10. The van der Waals surface area contributed by atoms with Gasteiger partial charge in [-0.05, 0) is 47.9 Å². The molecule has 3 aromatic rings. The molecule has 3 rings (SSSR count). The number of aromatic hydroxyl groups is 1. The van der Waals surface area contributed by atoms with Crippen LogP contribution in [0.5, 0.6) is 5.75 Å². The first-order valence-corrected chi connectivity index (χ1v) is 5.99. The molecule has 4 heteroatoms. The minimum absolute atomic E-state index is 0.278. The van der Waals surface area contributed by atoms with Gasteiger partial charge in [0.05, 0.1) is 5.69 Å². The first-order valence-electron chi connectivity index (χ1n) is 5.99. The van der Waals surface area contributed by atoms with Gasteiger partial charge in [0.1, 0.15) is 18.4 Å². The Morgan fingerprint density at radius 3 is 2.47 bits per heavy atom. The van der Waals surface area contributed by atoms with Gasteiger partial charge in [-0.25, -0.2) is 9.67 Å². The fraction of sp³-hybridized carbons (Fsp3) is 0.0667. The zero-order valence-electron chi connectivity index (χ0n) is 10.5. The van der Waals surface area contributed by atoms with Crippen molar-refractivity contribution < 1.29 is 5.11 Å². The number of aromatic nitrogens is 3. The SMILES string of the molecule is Cc1cc(-n2cncn2)ccc1-c1ccc(O)cc1. The molecule has 19 heavy (non-hydrogen) atoms. The van der Waals surface area contributed by atoms with E-state index in [1.165, 1.54) is 6.33 Å². The Bertz CT molecular complexity index is 688.